The maximum atomic E-state index is 12.8. The van der Waals surface area contributed by atoms with E-state index in [4.69, 9.17) is 5.73 Å². The molecule has 1 aliphatic rings. The number of anilines is 1. The molecule has 0 aliphatic heterocycles. The number of nitrogens with two attached hydrogens (primary N) is 1. The first-order valence-electron chi connectivity index (χ1n) is 9.27. The zero-order valence-corrected chi connectivity index (χ0v) is 15.9. The van der Waals surface area contributed by atoms with Gasteiger partial charge in [0.2, 0.25) is 5.95 Å². The molecule has 4 rings (SSSR count). The number of imidazole rings is 1. The molecule has 6 heteroatoms. The maximum absolute atomic E-state index is 12.8. The highest BCUT2D eigenvalue weighted by molar-refractivity contribution is 5.99. The molecule has 3 aromatic rings. The number of aryl methyl sites for hydroxylation is 3. The summed E-state index contributed by atoms with van der Waals surface area (Å²) in [6.07, 6.45) is 5.77. The van der Waals surface area contributed by atoms with Gasteiger partial charge in [-0.05, 0) is 43.5 Å². The first kappa shape index (κ1) is 17.4. The zero-order chi connectivity index (χ0) is 19.1. The summed E-state index contributed by atoms with van der Waals surface area (Å²) in [6.45, 7) is 6.10. The third kappa shape index (κ3) is 3.01. The van der Waals surface area contributed by atoms with Crippen LogP contribution < -0.4 is 5.73 Å². The normalized spacial score (nSPS) is 16.4. The summed E-state index contributed by atoms with van der Waals surface area (Å²) in [5, 5.41) is 0. The number of hydrogen-bond acceptors (Lipinski definition) is 5. The quantitative estimate of drug-likeness (QED) is 0.773. The van der Waals surface area contributed by atoms with E-state index in [0.717, 1.165) is 23.6 Å². The lowest BCUT2D eigenvalue weighted by molar-refractivity contribution is 0.0960. The molecule has 0 radical (unpaired) electrons. The van der Waals surface area contributed by atoms with E-state index in [0.29, 0.717) is 24.1 Å². The monoisotopic (exact) mass is 361 g/mol. The first-order chi connectivity index (χ1) is 13.0. The van der Waals surface area contributed by atoms with Crippen LogP contribution in [0.25, 0.3) is 5.69 Å². The van der Waals surface area contributed by atoms with Gasteiger partial charge in [0, 0.05) is 36.8 Å². The molecular weight excluding hydrogens is 338 g/mol. The number of nitrogens with zero attached hydrogens (tertiary/aromatic N) is 4. The van der Waals surface area contributed by atoms with Crippen molar-refractivity contribution in [2.45, 2.75) is 46.0 Å². The highest BCUT2D eigenvalue weighted by Crippen LogP contribution is 2.33. The average molecular weight is 361 g/mol. The number of aromatic nitrogens is 4. The molecule has 1 aromatic carbocycles. The van der Waals surface area contributed by atoms with Gasteiger partial charge in [0.15, 0.2) is 5.78 Å². The minimum atomic E-state index is -0.0277. The van der Waals surface area contributed by atoms with Crippen LogP contribution in [0.3, 0.4) is 0 Å². The molecule has 0 saturated heterocycles. The molecule has 0 bridgehead atoms. The van der Waals surface area contributed by atoms with Crippen molar-refractivity contribution in [3.63, 3.8) is 0 Å². The lowest BCUT2D eigenvalue weighted by Crippen LogP contribution is -2.24. The fraction of sp³-hybridized carbons (Fsp3) is 0.333. The highest BCUT2D eigenvalue weighted by atomic mass is 16.1. The third-order valence-corrected chi connectivity index (χ3v) is 5.36. The van der Waals surface area contributed by atoms with E-state index in [2.05, 4.69) is 51.6 Å². The SMILES string of the molecule is CCc1cc(-n2ccnc2C2CC(=O)c3c(C)nc(N)nc3C2)ccc1C. The Labute approximate surface area is 158 Å². The van der Waals surface area contributed by atoms with Gasteiger partial charge < -0.3 is 10.3 Å². The fourth-order valence-corrected chi connectivity index (χ4v) is 4.00. The van der Waals surface area contributed by atoms with E-state index >= 15 is 0 Å². The van der Waals surface area contributed by atoms with Crippen LogP contribution in [0.15, 0.2) is 30.6 Å². The Bertz CT molecular complexity index is 1040. The first-order valence-corrected chi connectivity index (χ1v) is 9.27. The summed E-state index contributed by atoms with van der Waals surface area (Å²) < 4.78 is 2.08. The second-order valence-electron chi connectivity index (χ2n) is 7.14. The number of hydrogen-bond donors (Lipinski definition) is 1. The van der Waals surface area contributed by atoms with Gasteiger partial charge in [-0.15, -0.1) is 0 Å². The Morgan fingerprint density at radius 2 is 2.04 bits per heavy atom. The number of carbonyl (C=O) groups is 1. The van der Waals surface area contributed by atoms with Crippen LogP contribution in [0.5, 0.6) is 0 Å². The molecule has 138 valence electrons. The Hall–Kier alpha value is -3.02. The minimum absolute atomic E-state index is 0.0277. The molecule has 2 aromatic heterocycles. The van der Waals surface area contributed by atoms with Crippen LogP contribution >= 0.6 is 0 Å². The molecule has 0 saturated carbocycles. The molecule has 2 heterocycles. The van der Waals surface area contributed by atoms with Crippen molar-refractivity contribution >= 4 is 11.7 Å². The van der Waals surface area contributed by atoms with E-state index in [1.807, 2.05) is 13.1 Å². The van der Waals surface area contributed by atoms with Crippen LogP contribution in [-0.4, -0.2) is 25.3 Å². The second kappa shape index (κ2) is 6.61. The summed E-state index contributed by atoms with van der Waals surface area (Å²) in [5.74, 6) is 1.13. The van der Waals surface area contributed by atoms with E-state index in [1.54, 1.807) is 6.20 Å². The van der Waals surface area contributed by atoms with Crippen molar-refractivity contribution in [3.05, 3.63) is 64.5 Å². The third-order valence-electron chi connectivity index (χ3n) is 5.36. The number of Topliss-reactive ketones (excluding diaryl/α,β-unsaturated/α-hetero) is 1. The standard InChI is InChI=1S/C21H23N5O/c1-4-14-9-16(6-5-12(14)2)26-8-7-23-20(26)15-10-17-19(18(27)11-15)13(3)24-21(22)25-17/h5-9,15H,4,10-11H2,1-3H3,(H2,22,24,25). The van der Waals surface area contributed by atoms with E-state index in [9.17, 15) is 4.79 Å². The van der Waals surface area contributed by atoms with Crippen molar-refractivity contribution in [2.75, 3.05) is 5.73 Å². The highest BCUT2D eigenvalue weighted by Gasteiger charge is 2.32. The Morgan fingerprint density at radius 1 is 1.22 bits per heavy atom. The van der Waals surface area contributed by atoms with Crippen LogP contribution in [0, 0.1) is 13.8 Å². The second-order valence-corrected chi connectivity index (χ2v) is 7.14. The van der Waals surface area contributed by atoms with Crippen molar-refractivity contribution in [2.24, 2.45) is 0 Å². The van der Waals surface area contributed by atoms with Gasteiger partial charge in [0.25, 0.3) is 0 Å². The van der Waals surface area contributed by atoms with Crippen LogP contribution in [0.4, 0.5) is 5.95 Å². The Balaban J connectivity index is 1.74. The smallest absolute Gasteiger partial charge is 0.220 e. The van der Waals surface area contributed by atoms with Crippen molar-refractivity contribution < 1.29 is 4.79 Å². The summed E-state index contributed by atoms with van der Waals surface area (Å²) >= 11 is 0. The topological polar surface area (TPSA) is 86.7 Å². The Morgan fingerprint density at radius 3 is 2.81 bits per heavy atom. The van der Waals surface area contributed by atoms with Crippen molar-refractivity contribution in [3.8, 4) is 5.69 Å². The molecule has 0 fully saturated rings. The number of benzene rings is 1. The van der Waals surface area contributed by atoms with Gasteiger partial charge >= 0.3 is 0 Å². The van der Waals surface area contributed by atoms with Crippen molar-refractivity contribution in [1.82, 2.24) is 19.5 Å². The number of carbonyl (C=O) groups excluding carboxylic acids is 1. The average Bonchev–Trinajstić information content (AvgIpc) is 3.11. The summed E-state index contributed by atoms with van der Waals surface area (Å²) in [6, 6.07) is 6.43. The number of nitrogen functional groups attached to an aromatic ring is 1. The Kier molecular flexibility index (Phi) is 4.26. The molecule has 1 unspecified atom stereocenters. The lowest BCUT2D eigenvalue weighted by Gasteiger charge is -2.24. The molecule has 0 amide bonds. The lowest BCUT2D eigenvalue weighted by atomic mass is 9.84. The zero-order valence-electron chi connectivity index (χ0n) is 15.9. The summed E-state index contributed by atoms with van der Waals surface area (Å²) in [5.41, 5.74) is 11.5. The molecule has 6 nitrogen and oxygen atoms in total. The number of rotatable bonds is 3. The molecule has 27 heavy (non-hydrogen) atoms. The predicted molar refractivity (Wildman–Crippen MR) is 104 cm³/mol. The van der Waals surface area contributed by atoms with E-state index in [1.165, 1.54) is 11.1 Å². The van der Waals surface area contributed by atoms with Gasteiger partial charge in [-0.3, -0.25) is 4.79 Å². The summed E-state index contributed by atoms with van der Waals surface area (Å²) in [4.78, 5) is 25.8. The van der Waals surface area contributed by atoms with Gasteiger partial charge in [-0.1, -0.05) is 13.0 Å². The van der Waals surface area contributed by atoms with Gasteiger partial charge in [0.1, 0.15) is 5.82 Å². The summed E-state index contributed by atoms with van der Waals surface area (Å²) in [7, 11) is 0. The van der Waals surface area contributed by atoms with Crippen LogP contribution in [0.2, 0.25) is 0 Å². The van der Waals surface area contributed by atoms with E-state index < -0.39 is 0 Å². The van der Waals surface area contributed by atoms with Crippen LogP contribution in [0.1, 0.15) is 58.0 Å². The molecule has 0 spiro atoms. The fourth-order valence-electron chi connectivity index (χ4n) is 4.00. The van der Waals surface area contributed by atoms with Gasteiger partial charge in [-0.2, -0.15) is 0 Å². The molecule has 1 atom stereocenters. The maximum Gasteiger partial charge on any atom is 0.220 e. The van der Waals surface area contributed by atoms with Crippen LogP contribution in [-0.2, 0) is 12.8 Å². The molecular formula is C21H23N5O. The van der Waals surface area contributed by atoms with Gasteiger partial charge in [-0.25, -0.2) is 15.0 Å². The minimum Gasteiger partial charge on any atom is -0.368 e. The number of fused-ring (bicyclic) bond motifs is 1. The number of ketones is 1. The predicted octanol–water partition coefficient (Wildman–Crippen LogP) is 3.34. The molecule has 2 N–H and O–H groups in total. The van der Waals surface area contributed by atoms with E-state index in [-0.39, 0.29) is 17.6 Å². The largest absolute Gasteiger partial charge is 0.368 e. The van der Waals surface area contributed by atoms with Gasteiger partial charge in [0.05, 0.1) is 17.0 Å². The van der Waals surface area contributed by atoms with Crippen molar-refractivity contribution in [1.29, 1.82) is 0 Å². The molecule has 1 aliphatic carbocycles.